The average Bonchev–Trinajstić information content (AvgIpc) is 3.12. The first-order chi connectivity index (χ1) is 12.8. The van der Waals surface area contributed by atoms with Crippen LogP contribution < -0.4 is 9.47 Å². The lowest BCUT2D eigenvalue weighted by Crippen LogP contribution is -2.41. The van der Waals surface area contributed by atoms with Crippen LogP contribution in [0, 0.1) is 0 Å². The van der Waals surface area contributed by atoms with E-state index in [1.807, 2.05) is 6.07 Å². The largest absolute Gasteiger partial charge is 0.486 e. The van der Waals surface area contributed by atoms with Crippen molar-refractivity contribution >= 4 is 0 Å². The lowest BCUT2D eigenvalue weighted by Gasteiger charge is -2.35. The third-order valence-corrected chi connectivity index (χ3v) is 6.36. The second kappa shape index (κ2) is 6.62. The summed E-state index contributed by atoms with van der Waals surface area (Å²) in [7, 11) is 0. The second-order valence-corrected chi connectivity index (χ2v) is 7.97. The Morgan fingerprint density at radius 2 is 1.69 bits per heavy atom. The molecule has 136 valence electrons. The van der Waals surface area contributed by atoms with Crippen molar-refractivity contribution in [3.05, 3.63) is 47.5 Å². The molecule has 26 heavy (non-hydrogen) atoms. The molecule has 0 N–H and O–H groups in total. The zero-order valence-electron chi connectivity index (χ0n) is 15.5. The van der Waals surface area contributed by atoms with Crippen LogP contribution in [0.1, 0.15) is 37.3 Å². The molecule has 3 heteroatoms. The Hall–Kier alpha value is -2.00. The number of nitrogens with zero attached hydrogens (tertiary/aromatic N) is 1. The summed E-state index contributed by atoms with van der Waals surface area (Å²) < 4.78 is 11.4. The quantitative estimate of drug-likeness (QED) is 0.799. The predicted octanol–water partition coefficient (Wildman–Crippen LogP) is 4.47. The van der Waals surface area contributed by atoms with Gasteiger partial charge in [-0.1, -0.05) is 24.3 Å². The van der Waals surface area contributed by atoms with Crippen LogP contribution in [0.25, 0.3) is 11.1 Å². The van der Waals surface area contributed by atoms with Crippen molar-refractivity contribution in [1.82, 2.24) is 4.90 Å². The zero-order valence-corrected chi connectivity index (χ0v) is 15.5. The van der Waals surface area contributed by atoms with Gasteiger partial charge in [-0.05, 0) is 80.0 Å². The van der Waals surface area contributed by atoms with Crippen molar-refractivity contribution in [3.63, 3.8) is 0 Å². The lowest BCUT2D eigenvalue weighted by molar-refractivity contribution is 0.171. The van der Waals surface area contributed by atoms with Gasteiger partial charge in [0.2, 0.25) is 0 Å². The molecule has 2 aromatic rings. The molecule has 3 aliphatic rings. The van der Waals surface area contributed by atoms with Gasteiger partial charge in [-0.25, -0.2) is 0 Å². The molecule has 0 bridgehead atoms. The van der Waals surface area contributed by atoms with Crippen LogP contribution in [0.2, 0.25) is 0 Å². The third-order valence-electron chi connectivity index (χ3n) is 6.36. The number of fused-ring (bicyclic) bond motifs is 2. The Kier molecular flexibility index (Phi) is 4.12. The van der Waals surface area contributed by atoms with Crippen LogP contribution in [-0.2, 0) is 12.8 Å². The minimum Gasteiger partial charge on any atom is -0.486 e. The highest BCUT2D eigenvalue weighted by Crippen LogP contribution is 2.36. The predicted molar refractivity (Wildman–Crippen MR) is 104 cm³/mol. The van der Waals surface area contributed by atoms with Crippen molar-refractivity contribution in [2.45, 2.75) is 51.1 Å². The third kappa shape index (κ3) is 2.88. The number of hydrogen-bond acceptors (Lipinski definition) is 3. The number of ether oxygens (including phenoxy) is 2. The van der Waals surface area contributed by atoms with Crippen molar-refractivity contribution in [3.8, 4) is 22.6 Å². The molecule has 2 unspecified atom stereocenters. The Labute approximate surface area is 155 Å². The van der Waals surface area contributed by atoms with Gasteiger partial charge in [0.15, 0.2) is 11.5 Å². The molecule has 1 saturated heterocycles. The zero-order chi connectivity index (χ0) is 17.5. The van der Waals surface area contributed by atoms with Crippen LogP contribution in [-0.4, -0.2) is 36.7 Å². The molecule has 1 fully saturated rings. The number of aryl methyl sites for hydroxylation is 1. The first-order valence-electron chi connectivity index (χ1n) is 10.1. The van der Waals surface area contributed by atoms with Crippen molar-refractivity contribution in [2.75, 3.05) is 19.8 Å². The van der Waals surface area contributed by atoms with E-state index in [-0.39, 0.29) is 0 Å². The Morgan fingerprint density at radius 3 is 2.54 bits per heavy atom. The maximum atomic E-state index is 5.75. The summed E-state index contributed by atoms with van der Waals surface area (Å²) in [4.78, 5) is 2.75. The fraction of sp³-hybridized carbons (Fsp3) is 0.478. The van der Waals surface area contributed by atoms with Gasteiger partial charge in [0.25, 0.3) is 0 Å². The van der Waals surface area contributed by atoms with E-state index in [1.54, 1.807) is 5.56 Å². The van der Waals surface area contributed by atoms with Crippen LogP contribution in [0.4, 0.5) is 0 Å². The van der Waals surface area contributed by atoms with Gasteiger partial charge in [0.05, 0.1) is 0 Å². The fourth-order valence-corrected chi connectivity index (χ4v) is 4.92. The molecule has 0 aromatic heterocycles. The highest BCUT2D eigenvalue weighted by Gasteiger charge is 2.30. The summed E-state index contributed by atoms with van der Waals surface area (Å²) in [5.74, 6) is 1.73. The molecule has 1 aliphatic carbocycles. The van der Waals surface area contributed by atoms with E-state index in [0.717, 1.165) is 23.6 Å². The van der Waals surface area contributed by atoms with Crippen molar-refractivity contribution in [2.24, 2.45) is 0 Å². The van der Waals surface area contributed by atoms with E-state index < -0.39 is 0 Å². The molecule has 2 aliphatic heterocycles. The van der Waals surface area contributed by atoms with E-state index in [0.29, 0.717) is 13.2 Å². The smallest absolute Gasteiger partial charge is 0.161 e. The molecule has 3 nitrogen and oxygen atoms in total. The van der Waals surface area contributed by atoms with Crippen LogP contribution >= 0.6 is 0 Å². The fourth-order valence-electron chi connectivity index (χ4n) is 4.92. The summed E-state index contributed by atoms with van der Waals surface area (Å²) in [6, 6.07) is 14.8. The first-order valence-corrected chi connectivity index (χ1v) is 10.1. The molecule has 2 heterocycles. The maximum absolute atomic E-state index is 5.75. The van der Waals surface area contributed by atoms with Gasteiger partial charge in [0, 0.05) is 12.1 Å². The summed E-state index contributed by atoms with van der Waals surface area (Å²) in [6.45, 7) is 4.96. The van der Waals surface area contributed by atoms with E-state index in [2.05, 4.69) is 42.2 Å². The van der Waals surface area contributed by atoms with Gasteiger partial charge in [-0.2, -0.15) is 0 Å². The second-order valence-electron chi connectivity index (χ2n) is 7.97. The van der Waals surface area contributed by atoms with E-state index in [9.17, 15) is 0 Å². The van der Waals surface area contributed by atoms with E-state index in [4.69, 9.17) is 9.47 Å². The molecule has 0 amide bonds. The lowest BCUT2D eigenvalue weighted by atomic mass is 9.85. The minimum atomic E-state index is 0.636. The van der Waals surface area contributed by atoms with Crippen LogP contribution in [0.15, 0.2) is 36.4 Å². The Balaban J connectivity index is 1.39. The van der Waals surface area contributed by atoms with Crippen LogP contribution in [0.3, 0.4) is 0 Å². The molecule has 0 saturated carbocycles. The molecule has 2 aromatic carbocycles. The van der Waals surface area contributed by atoms with E-state index in [1.165, 1.54) is 55.3 Å². The Bertz CT molecular complexity index is 816. The topological polar surface area (TPSA) is 21.7 Å². The van der Waals surface area contributed by atoms with Gasteiger partial charge in [-0.3, -0.25) is 4.90 Å². The summed E-state index contributed by atoms with van der Waals surface area (Å²) in [5.41, 5.74) is 5.57. The Morgan fingerprint density at radius 1 is 0.885 bits per heavy atom. The van der Waals surface area contributed by atoms with Gasteiger partial charge < -0.3 is 9.47 Å². The standard InChI is InChI=1S/C23H27NO2/c1-16-3-2-10-24(16)21-8-6-18-13-17(4-5-19(18)14-21)20-7-9-22-23(15-20)26-12-11-25-22/h4-5,7,9,13,15-16,21H,2-3,6,8,10-12,14H2,1H3. The van der Waals surface area contributed by atoms with Crippen LogP contribution in [0.5, 0.6) is 11.5 Å². The summed E-state index contributed by atoms with van der Waals surface area (Å²) in [6.07, 6.45) is 6.44. The molecular weight excluding hydrogens is 322 g/mol. The summed E-state index contributed by atoms with van der Waals surface area (Å²) in [5, 5.41) is 0. The molecule has 2 atom stereocenters. The van der Waals surface area contributed by atoms with Gasteiger partial charge >= 0.3 is 0 Å². The number of likely N-dealkylation sites (tertiary alicyclic amines) is 1. The number of hydrogen-bond donors (Lipinski definition) is 0. The number of benzene rings is 2. The minimum absolute atomic E-state index is 0.636. The maximum Gasteiger partial charge on any atom is 0.161 e. The monoisotopic (exact) mass is 349 g/mol. The molecule has 5 rings (SSSR count). The van der Waals surface area contributed by atoms with Crippen molar-refractivity contribution < 1.29 is 9.47 Å². The normalized spacial score (nSPS) is 25.1. The number of rotatable bonds is 2. The van der Waals surface area contributed by atoms with Crippen molar-refractivity contribution in [1.29, 1.82) is 0 Å². The average molecular weight is 349 g/mol. The summed E-state index contributed by atoms with van der Waals surface area (Å²) >= 11 is 0. The first kappa shape index (κ1) is 16.2. The highest BCUT2D eigenvalue weighted by atomic mass is 16.6. The molecule has 0 radical (unpaired) electrons. The molecular formula is C23H27NO2. The van der Waals surface area contributed by atoms with Gasteiger partial charge in [0.1, 0.15) is 13.2 Å². The highest BCUT2D eigenvalue weighted by molar-refractivity contribution is 5.68. The van der Waals surface area contributed by atoms with E-state index >= 15 is 0 Å². The van der Waals surface area contributed by atoms with Gasteiger partial charge in [-0.15, -0.1) is 0 Å². The molecule has 0 spiro atoms. The SMILES string of the molecule is CC1CCCN1C1CCc2cc(-c3ccc4c(c3)OCCO4)ccc2C1.